The van der Waals surface area contributed by atoms with E-state index in [1.165, 1.54) is 31.2 Å². The number of hydrogen-bond acceptors (Lipinski definition) is 3. The molecule has 3 heteroatoms. The number of ether oxygens (including phenoxy) is 1. The fraction of sp³-hybridized carbons (Fsp3) is 0.667. The van der Waals surface area contributed by atoms with Crippen molar-refractivity contribution in [3.8, 4) is 5.75 Å². The summed E-state index contributed by atoms with van der Waals surface area (Å²) in [4.78, 5) is 0. The summed E-state index contributed by atoms with van der Waals surface area (Å²) < 4.78 is 6.40. The second kappa shape index (κ2) is 4.99. The minimum atomic E-state index is 0.0575. The van der Waals surface area contributed by atoms with Gasteiger partial charge in [-0.05, 0) is 44.6 Å². The third kappa shape index (κ3) is 2.47. The van der Waals surface area contributed by atoms with Crippen molar-refractivity contribution in [2.24, 2.45) is 5.41 Å². The van der Waals surface area contributed by atoms with Gasteiger partial charge in [0.1, 0.15) is 11.4 Å². The molecule has 3 nitrogen and oxygen atoms in total. The van der Waals surface area contributed by atoms with E-state index >= 15 is 0 Å². The first-order valence-corrected chi connectivity index (χ1v) is 8.37. The van der Waals surface area contributed by atoms with Crippen LogP contribution in [0.2, 0.25) is 0 Å². The average Bonchev–Trinajstić information content (AvgIpc) is 3.18. The molecule has 2 saturated carbocycles. The van der Waals surface area contributed by atoms with Crippen LogP contribution in [0.1, 0.15) is 56.6 Å². The van der Waals surface area contributed by atoms with Crippen molar-refractivity contribution in [2.45, 2.75) is 56.6 Å². The van der Waals surface area contributed by atoms with Crippen molar-refractivity contribution < 1.29 is 9.84 Å². The molecule has 0 saturated heterocycles. The molecular formula is C18H25NO2. The molecule has 0 radical (unpaired) electrons. The Bertz CT molecular complexity index is 518. The molecule has 1 aliphatic heterocycles. The predicted octanol–water partition coefficient (Wildman–Crippen LogP) is 3.19. The van der Waals surface area contributed by atoms with Crippen LogP contribution in [0.15, 0.2) is 24.3 Å². The highest BCUT2D eigenvalue weighted by atomic mass is 16.5. The smallest absolute Gasteiger partial charge is 0.124 e. The maximum absolute atomic E-state index is 9.52. The third-order valence-electron chi connectivity index (χ3n) is 5.73. The summed E-state index contributed by atoms with van der Waals surface area (Å²) in [6.07, 6.45) is 8.34. The summed E-state index contributed by atoms with van der Waals surface area (Å²) in [5, 5.41) is 13.3. The number of aliphatic hydroxyl groups is 1. The van der Waals surface area contributed by atoms with E-state index in [1.54, 1.807) is 0 Å². The molecule has 2 aliphatic carbocycles. The van der Waals surface area contributed by atoms with Crippen LogP contribution in [0.25, 0.3) is 0 Å². The molecule has 1 aromatic carbocycles. The zero-order valence-corrected chi connectivity index (χ0v) is 12.6. The summed E-state index contributed by atoms with van der Waals surface area (Å²) in [6.45, 7) is 1.24. The van der Waals surface area contributed by atoms with Crippen molar-refractivity contribution in [2.75, 3.05) is 13.2 Å². The molecule has 21 heavy (non-hydrogen) atoms. The lowest BCUT2D eigenvalue weighted by molar-refractivity contribution is 0.0352. The molecule has 2 fully saturated rings. The van der Waals surface area contributed by atoms with Gasteiger partial charge in [0.15, 0.2) is 0 Å². The lowest BCUT2D eigenvalue weighted by atomic mass is 9.85. The van der Waals surface area contributed by atoms with Gasteiger partial charge in [-0.3, -0.25) is 0 Å². The molecule has 3 aliphatic rings. The van der Waals surface area contributed by atoms with Crippen LogP contribution >= 0.6 is 0 Å². The van der Waals surface area contributed by atoms with E-state index in [9.17, 15) is 5.11 Å². The lowest BCUT2D eigenvalue weighted by Gasteiger charge is -2.40. The zero-order valence-electron chi connectivity index (χ0n) is 12.6. The summed E-state index contributed by atoms with van der Waals surface area (Å²) in [5.41, 5.74) is 1.52. The molecule has 1 aromatic rings. The molecular weight excluding hydrogens is 262 g/mol. The normalized spacial score (nSPS) is 28.1. The van der Waals surface area contributed by atoms with Crippen molar-refractivity contribution in [3.05, 3.63) is 29.8 Å². The van der Waals surface area contributed by atoms with Crippen molar-refractivity contribution in [1.82, 2.24) is 5.32 Å². The number of aliphatic hydroxyl groups excluding tert-OH is 1. The summed E-state index contributed by atoms with van der Waals surface area (Å²) in [5.74, 6) is 1.07. The minimum absolute atomic E-state index is 0.0575. The van der Waals surface area contributed by atoms with E-state index < -0.39 is 0 Å². The van der Waals surface area contributed by atoms with Gasteiger partial charge in [-0.15, -0.1) is 0 Å². The Labute approximate surface area is 126 Å². The SMILES string of the molecule is OCC1(CNC2CC3(CCCC3)Oc3ccccc32)CC1. The van der Waals surface area contributed by atoms with Gasteiger partial charge in [-0.25, -0.2) is 0 Å². The number of fused-ring (bicyclic) bond motifs is 1. The van der Waals surface area contributed by atoms with Gasteiger partial charge in [0, 0.05) is 36.6 Å². The van der Waals surface area contributed by atoms with Gasteiger partial charge in [0.2, 0.25) is 0 Å². The average molecular weight is 287 g/mol. The standard InChI is InChI=1S/C18H25NO2/c20-13-17(9-10-17)12-19-15-11-18(7-3-4-8-18)21-16-6-2-1-5-14(15)16/h1-2,5-6,15,19-20H,3-4,7-13H2. The van der Waals surface area contributed by atoms with Gasteiger partial charge in [0.25, 0.3) is 0 Å². The van der Waals surface area contributed by atoms with Crippen molar-refractivity contribution in [1.29, 1.82) is 0 Å². The van der Waals surface area contributed by atoms with E-state index in [2.05, 4.69) is 29.6 Å². The molecule has 0 amide bonds. The molecule has 1 heterocycles. The maximum atomic E-state index is 9.52. The zero-order chi connectivity index (χ0) is 14.3. The monoisotopic (exact) mass is 287 g/mol. The van der Waals surface area contributed by atoms with Crippen LogP contribution in [0.5, 0.6) is 5.75 Å². The molecule has 0 bridgehead atoms. The van der Waals surface area contributed by atoms with Crippen LogP contribution in [0, 0.1) is 5.41 Å². The first-order valence-electron chi connectivity index (χ1n) is 8.37. The van der Waals surface area contributed by atoms with Gasteiger partial charge in [-0.1, -0.05) is 18.2 Å². The third-order valence-corrected chi connectivity index (χ3v) is 5.73. The Balaban J connectivity index is 1.56. The second-order valence-electron chi connectivity index (χ2n) is 7.33. The van der Waals surface area contributed by atoms with E-state index in [0.29, 0.717) is 12.6 Å². The molecule has 2 N–H and O–H groups in total. The first kappa shape index (κ1) is 13.6. The topological polar surface area (TPSA) is 41.5 Å². The van der Waals surface area contributed by atoms with E-state index in [-0.39, 0.29) is 11.0 Å². The maximum Gasteiger partial charge on any atom is 0.124 e. The van der Waals surface area contributed by atoms with Crippen LogP contribution < -0.4 is 10.1 Å². The Hall–Kier alpha value is -1.06. The van der Waals surface area contributed by atoms with Gasteiger partial charge < -0.3 is 15.2 Å². The quantitative estimate of drug-likeness (QED) is 0.893. The molecule has 1 unspecified atom stereocenters. The fourth-order valence-electron chi connectivity index (χ4n) is 4.03. The number of benzene rings is 1. The molecule has 1 atom stereocenters. The Morgan fingerprint density at radius 2 is 1.90 bits per heavy atom. The summed E-state index contributed by atoms with van der Waals surface area (Å²) in [7, 11) is 0. The minimum Gasteiger partial charge on any atom is -0.487 e. The molecule has 1 spiro atoms. The van der Waals surface area contributed by atoms with Crippen molar-refractivity contribution in [3.63, 3.8) is 0 Å². The van der Waals surface area contributed by atoms with E-state index in [4.69, 9.17) is 4.74 Å². The molecule has 114 valence electrons. The fourth-order valence-corrected chi connectivity index (χ4v) is 4.03. The van der Waals surface area contributed by atoms with Crippen LogP contribution in [-0.4, -0.2) is 23.9 Å². The van der Waals surface area contributed by atoms with Crippen molar-refractivity contribution >= 4 is 0 Å². The first-order chi connectivity index (χ1) is 10.2. The Kier molecular flexibility index (Phi) is 3.23. The summed E-state index contributed by atoms with van der Waals surface area (Å²) >= 11 is 0. The lowest BCUT2D eigenvalue weighted by Crippen LogP contribution is -2.43. The Morgan fingerprint density at radius 3 is 2.62 bits per heavy atom. The number of para-hydroxylation sites is 1. The van der Waals surface area contributed by atoms with Crippen LogP contribution in [0.4, 0.5) is 0 Å². The van der Waals surface area contributed by atoms with Crippen LogP contribution in [-0.2, 0) is 0 Å². The van der Waals surface area contributed by atoms with E-state index in [1.807, 2.05) is 0 Å². The molecule has 0 aromatic heterocycles. The summed E-state index contributed by atoms with van der Waals surface area (Å²) in [6, 6.07) is 8.84. The van der Waals surface area contributed by atoms with E-state index in [0.717, 1.165) is 31.6 Å². The number of nitrogens with one attached hydrogen (secondary N) is 1. The highest BCUT2D eigenvalue weighted by Crippen LogP contribution is 2.49. The Morgan fingerprint density at radius 1 is 1.14 bits per heavy atom. The van der Waals surface area contributed by atoms with Gasteiger partial charge in [0.05, 0.1) is 0 Å². The van der Waals surface area contributed by atoms with Gasteiger partial charge in [-0.2, -0.15) is 0 Å². The highest BCUT2D eigenvalue weighted by molar-refractivity contribution is 5.39. The molecule has 4 rings (SSSR count). The second-order valence-corrected chi connectivity index (χ2v) is 7.33. The highest BCUT2D eigenvalue weighted by Gasteiger charge is 2.45. The van der Waals surface area contributed by atoms with Crippen LogP contribution in [0.3, 0.4) is 0 Å². The predicted molar refractivity (Wildman–Crippen MR) is 82.4 cm³/mol. The largest absolute Gasteiger partial charge is 0.487 e. The van der Waals surface area contributed by atoms with Gasteiger partial charge >= 0.3 is 0 Å². The number of rotatable bonds is 4. The number of hydrogen-bond donors (Lipinski definition) is 2.